The minimum atomic E-state index is -1.19. The molecule has 0 fully saturated rings. The Morgan fingerprint density at radius 2 is 1.50 bits per heavy atom. The summed E-state index contributed by atoms with van der Waals surface area (Å²) in [5.74, 6) is -2.84. The number of carbonyl (C=O) groups is 3. The Bertz CT molecular complexity index is 869. The van der Waals surface area contributed by atoms with Gasteiger partial charge in [0.25, 0.3) is 0 Å². The fraction of sp³-hybridized carbons (Fsp3) is 0.286. The Balaban J connectivity index is 2.17. The van der Waals surface area contributed by atoms with Crippen molar-refractivity contribution in [1.82, 2.24) is 10.6 Å². The van der Waals surface area contributed by atoms with Crippen molar-refractivity contribution in [3.8, 4) is 0 Å². The number of aryl methyl sites for hydroxylation is 1. The number of aliphatic carboxylic acids is 1. The second-order valence-corrected chi connectivity index (χ2v) is 6.58. The number of carboxylic acid groups (broad SMARTS) is 1. The molecule has 148 valence electrons. The summed E-state index contributed by atoms with van der Waals surface area (Å²) >= 11 is 0. The van der Waals surface area contributed by atoms with Crippen molar-refractivity contribution in [2.24, 2.45) is 0 Å². The zero-order valence-corrected chi connectivity index (χ0v) is 15.7. The van der Waals surface area contributed by atoms with Crippen molar-refractivity contribution in [2.75, 3.05) is 0 Å². The number of hydrogen-bond donors (Lipinski definition) is 3. The molecule has 0 radical (unpaired) electrons. The standard InChI is InChI=1S/C21H23FN2O4/c1-13-7-3-4-8-15(13)11-19(21(27)28)24-20(26)18(23-14(2)25)12-16-9-5-6-10-17(16)22/h3-10,18-19H,11-12H2,1-2H3,(H,23,25)(H,24,26)(H,27,28)/t18-,19+/m0/s1. The van der Waals surface area contributed by atoms with Crippen LogP contribution in [0.5, 0.6) is 0 Å². The van der Waals surface area contributed by atoms with Crippen LogP contribution in [0.3, 0.4) is 0 Å². The fourth-order valence-electron chi connectivity index (χ4n) is 2.87. The monoisotopic (exact) mass is 386 g/mol. The predicted octanol–water partition coefficient (Wildman–Crippen LogP) is 1.99. The molecule has 0 aliphatic carbocycles. The largest absolute Gasteiger partial charge is 0.480 e. The van der Waals surface area contributed by atoms with Crippen LogP contribution in [-0.4, -0.2) is 35.0 Å². The van der Waals surface area contributed by atoms with E-state index >= 15 is 0 Å². The van der Waals surface area contributed by atoms with E-state index in [0.717, 1.165) is 11.1 Å². The highest BCUT2D eigenvalue weighted by atomic mass is 19.1. The molecule has 0 spiro atoms. The van der Waals surface area contributed by atoms with Crippen molar-refractivity contribution >= 4 is 17.8 Å². The highest BCUT2D eigenvalue weighted by Gasteiger charge is 2.27. The summed E-state index contributed by atoms with van der Waals surface area (Å²) in [5, 5.41) is 14.4. The predicted molar refractivity (Wildman–Crippen MR) is 102 cm³/mol. The van der Waals surface area contributed by atoms with Crippen molar-refractivity contribution in [3.05, 3.63) is 71.0 Å². The van der Waals surface area contributed by atoms with Gasteiger partial charge in [-0.3, -0.25) is 9.59 Å². The highest BCUT2D eigenvalue weighted by molar-refractivity contribution is 5.90. The number of carboxylic acids is 1. The van der Waals surface area contributed by atoms with E-state index in [-0.39, 0.29) is 18.4 Å². The second-order valence-electron chi connectivity index (χ2n) is 6.58. The fourth-order valence-corrected chi connectivity index (χ4v) is 2.87. The molecule has 2 rings (SSSR count). The highest BCUT2D eigenvalue weighted by Crippen LogP contribution is 2.12. The van der Waals surface area contributed by atoms with E-state index in [2.05, 4.69) is 10.6 Å². The number of halogens is 1. The lowest BCUT2D eigenvalue weighted by molar-refractivity contribution is -0.142. The molecular weight excluding hydrogens is 363 g/mol. The van der Waals surface area contributed by atoms with Crippen LogP contribution in [-0.2, 0) is 27.2 Å². The normalized spacial score (nSPS) is 12.7. The van der Waals surface area contributed by atoms with E-state index in [1.54, 1.807) is 18.2 Å². The van der Waals surface area contributed by atoms with Gasteiger partial charge in [-0.05, 0) is 29.7 Å². The third-order valence-electron chi connectivity index (χ3n) is 4.38. The molecular formula is C21H23FN2O4. The molecule has 28 heavy (non-hydrogen) atoms. The van der Waals surface area contributed by atoms with Crippen molar-refractivity contribution in [3.63, 3.8) is 0 Å². The first-order chi connectivity index (χ1) is 13.3. The molecule has 2 aromatic rings. The van der Waals surface area contributed by atoms with Crippen LogP contribution in [0.1, 0.15) is 23.6 Å². The molecule has 0 unspecified atom stereocenters. The Morgan fingerprint density at radius 3 is 2.07 bits per heavy atom. The van der Waals surface area contributed by atoms with Gasteiger partial charge in [0.2, 0.25) is 11.8 Å². The Labute approximate surface area is 162 Å². The quantitative estimate of drug-likeness (QED) is 0.647. The van der Waals surface area contributed by atoms with Gasteiger partial charge < -0.3 is 15.7 Å². The van der Waals surface area contributed by atoms with Crippen LogP contribution in [0.25, 0.3) is 0 Å². The van der Waals surface area contributed by atoms with Gasteiger partial charge in [0.1, 0.15) is 17.9 Å². The van der Waals surface area contributed by atoms with Gasteiger partial charge >= 0.3 is 5.97 Å². The summed E-state index contributed by atoms with van der Waals surface area (Å²) < 4.78 is 13.9. The van der Waals surface area contributed by atoms with Gasteiger partial charge in [-0.15, -0.1) is 0 Å². The van der Waals surface area contributed by atoms with Gasteiger partial charge in [-0.2, -0.15) is 0 Å². The molecule has 2 aromatic carbocycles. The molecule has 0 aliphatic rings. The minimum Gasteiger partial charge on any atom is -0.480 e. The smallest absolute Gasteiger partial charge is 0.326 e. The van der Waals surface area contributed by atoms with Gasteiger partial charge in [0.05, 0.1) is 0 Å². The average molecular weight is 386 g/mol. The van der Waals surface area contributed by atoms with E-state index < -0.39 is 35.7 Å². The maximum Gasteiger partial charge on any atom is 0.326 e. The van der Waals surface area contributed by atoms with Crippen LogP contribution < -0.4 is 10.6 Å². The molecule has 0 saturated carbocycles. The molecule has 0 saturated heterocycles. The first kappa shape index (κ1) is 21.1. The van der Waals surface area contributed by atoms with Crippen LogP contribution in [0, 0.1) is 12.7 Å². The van der Waals surface area contributed by atoms with Gasteiger partial charge in [-0.1, -0.05) is 42.5 Å². The van der Waals surface area contributed by atoms with E-state index in [1.165, 1.54) is 25.1 Å². The number of rotatable bonds is 8. The molecule has 0 bridgehead atoms. The van der Waals surface area contributed by atoms with Crippen LogP contribution in [0.15, 0.2) is 48.5 Å². The Morgan fingerprint density at radius 1 is 0.929 bits per heavy atom. The zero-order chi connectivity index (χ0) is 20.7. The average Bonchev–Trinajstić information content (AvgIpc) is 2.63. The lowest BCUT2D eigenvalue weighted by Crippen LogP contribution is -2.52. The molecule has 0 aliphatic heterocycles. The third-order valence-corrected chi connectivity index (χ3v) is 4.38. The second kappa shape index (κ2) is 9.64. The Hall–Kier alpha value is -3.22. The summed E-state index contributed by atoms with van der Waals surface area (Å²) in [6.07, 6.45) is 0.00896. The molecule has 2 atom stereocenters. The topological polar surface area (TPSA) is 95.5 Å². The summed E-state index contributed by atoms with van der Waals surface area (Å²) in [5.41, 5.74) is 1.95. The van der Waals surface area contributed by atoms with Crippen LogP contribution in [0.4, 0.5) is 4.39 Å². The van der Waals surface area contributed by atoms with Gasteiger partial charge in [0, 0.05) is 19.8 Å². The van der Waals surface area contributed by atoms with Gasteiger partial charge in [0.15, 0.2) is 0 Å². The third kappa shape index (κ3) is 5.90. The first-order valence-corrected chi connectivity index (χ1v) is 8.86. The van der Waals surface area contributed by atoms with E-state index in [0.29, 0.717) is 0 Å². The van der Waals surface area contributed by atoms with E-state index in [1.807, 2.05) is 19.1 Å². The summed E-state index contributed by atoms with van der Waals surface area (Å²) in [6.45, 7) is 3.10. The Kier molecular flexibility index (Phi) is 7.26. The summed E-state index contributed by atoms with van der Waals surface area (Å²) in [7, 11) is 0. The number of carbonyl (C=O) groups excluding carboxylic acids is 2. The molecule has 6 nitrogen and oxygen atoms in total. The van der Waals surface area contributed by atoms with E-state index in [4.69, 9.17) is 0 Å². The SMILES string of the molecule is CC(=O)N[C@@H](Cc1ccccc1F)C(=O)N[C@H](Cc1ccccc1C)C(=O)O. The van der Waals surface area contributed by atoms with E-state index in [9.17, 15) is 23.9 Å². The molecule has 0 heterocycles. The number of nitrogens with one attached hydrogen (secondary N) is 2. The summed E-state index contributed by atoms with van der Waals surface area (Å²) in [4.78, 5) is 35.8. The summed E-state index contributed by atoms with van der Waals surface area (Å²) in [6, 6.07) is 10.9. The lowest BCUT2D eigenvalue weighted by Gasteiger charge is -2.22. The first-order valence-electron chi connectivity index (χ1n) is 8.86. The number of benzene rings is 2. The van der Waals surface area contributed by atoms with Crippen molar-refractivity contribution < 1.29 is 23.9 Å². The molecule has 3 N–H and O–H groups in total. The molecule has 7 heteroatoms. The van der Waals surface area contributed by atoms with Gasteiger partial charge in [-0.25, -0.2) is 9.18 Å². The number of hydrogen-bond acceptors (Lipinski definition) is 3. The maximum absolute atomic E-state index is 13.9. The number of amides is 2. The van der Waals surface area contributed by atoms with Crippen molar-refractivity contribution in [1.29, 1.82) is 0 Å². The van der Waals surface area contributed by atoms with Crippen LogP contribution in [0.2, 0.25) is 0 Å². The maximum atomic E-state index is 13.9. The van der Waals surface area contributed by atoms with Crippen molar-refractivity contribution in [2.45, 2.75) is 38.8 Å². The molecule has 0 aromatic heterocycles. The zero-order valence-electron chi connectivity index (χ0n) is 15.7. The van der Waals surface area contributed by atoms with Crippen LogP contribution >= 0.6 is 0 Å². The lowest BCUT2D eigenvalue weighted by atomic mass is 10.00. The molecule has 2 amide bonds. The minimum absolute atomic E-state index is 0.0885.